The Morgan fingerprint density at radius 3 is 2.95 bits per heavy atom. The number of thioether (sulfide) groups is 1. The fourth-order valence-electron chi connectivity index (χ4n) is 1.64. The number of hydrogen-bond donors (Lipinski definition) is 2. The number of rotatable bonds is 6. The molecule has 0 spiro atoms. The minimum absolute atomic E-state index is 0.212. The fraction of sp³-hybridized carbons (Fsp3) is 0.538. The molecule has 19 heavy (non-hydrogen) atoms. The molecule has 0 aliphatic rings. The Balaban J connectivity index is 2.32. The van der Waals surface area contributed by atoms with Gasteiger partial charge in [0.15, 0.2) is 0 Å². The minimum atomic E-state index is 0.212. The molecule has 2 aromatic rings. The molecule has 6 heteroatoms. The zero-order valence-electron chi connectivity index (χ0n) is 11.4. The van der Waals surface area contributed by atoms with Crippen molar-refractivity contribution in [2.24, 2.45) is 5.92 Å². The van der Waals surface area contributed by atoms with Crippen molar-refractivity contribution < 1.29 is 5.11 Å². The highest BCUT2D eigenvalue weighted by Crippen LogP contribution is 2.32. The number of aryl methyl sites for hydroxylation is 1. The van der Waals surface area contributed by atoms with E-state index in [1.807, 2.05) is 13.8 Å². The maximum absolute atomic E-state index is 9.11. The lowest BCUT2D eigenvalue weighted by Gasteiger charge is -2.09. The van der Waals surface area contributed by atoms with Crippen molar-refractivity contribution in [2.45, 2.75) is 25.8 Å². The maximum Gasteiger partial charge on any atom is 0.225 e. The second-order valence-electron chi connectivity index (χ2n) is 4.56. The molecule has 104 valence electrons. The van der Waals surface area contributed by atoms with Gasteiger partial charge in [0.25, 0.3) is 0 Å². The van der Waals surface area contributed by atoms with Crippen LogP contribution in [0, 0.1) is 12.8 Å². The highest BCUT2D eigenvalue weighted by Gasteiger charge is 2.12. The number of thiophene rings is 1. The first-order valence-corrected chi connectivity index (χ1v) is 8.20. The van der Waals surface area contributed by atoms with Crippen LogP contribution in [0.4, 0.5) is 5.95 Å². The van der Waals surface area contributed by atoms with Crippen molar-refractivity contribution >= 4 is 39.3 Å². The molecule has 0 aliphatic carbocycles. The van der Waals surface area contributed by atoms with Gasteiger partial charge >= 0.3 is 0 Å². The van der Waals surface area contributed by atoms with Crippen molar-refractivity contribution in [3.63, 3.8) is 0 Å². The zero-order valence-corrected chi connectivity index (χ0v) is 13.1. The van der Waals surface area contributed by atoms with E-state index < -0.39 is 0 Å². The van der Waals surface area contributed by atoms with E-state index in [9.17, 15) is 0 Å². The first-order chi connectivity index (χ1) is 9.13. The third kappa shape index (κ3) is 3.58. The topological polar surface area (TPSA) is 58.0 Å². The molecule has 0 aliphatic heterocycles. The quantitative estimate of drug-likeness (QED) is 0.633. The molecule has 2 aromatic heterocycles. The first-order valence-electron chi connectivity index (χ1n) is 6.39. The van der Waals surface area contributed by atoms with Crippen LogP contribution in [-0.2, 0) is 0 Å². The van der Waals surface area contributed by atoms with Gasteiger partial charge in [-0.25, -0.2) is 9.97 Å². The molecule has 2 N–H and O–H groups in total. The Labute approximate surface area is 121 Å². The van der Waals surface area contributed by atoms with Crippen molar-refractivity contribution in [3.05, 3.63) is 10.9 Å². The van der Waals surface area contributed by atoms with Gasteiger partial charge in [0, 0.05) is 29.2 Å². The molecule has 1 atom stereocenters. The molecule has 0 saturated heterocycles. The third-order valence-corrected chi connectivity index (χ3v) is 4.90. The standard InChI is InChI=1S/C13H19N3OS2/c1-4-14-13-15-11(18-7-8(2)6-17)10-5-9(3)19-12(10)16-13/h5,8,17H,4,6-7H2,1-3H3,(H,14,15,16). The molecular formula is C13H19N3OS2. The lowest BCUT2D eigenvalue weighted by molar-refractivity contribution is 0.250. The predicted octanol–water partition coefficient (Wildman–Crippen LogP) is 3.15. The number of nitrogens with one attached hydrogen (secondary N) is 1. The fourth-order valence-corrected chi connectivity index (χ4v) is 3.59. The van der Waals surface area contributed by atoms with Crippen LogP contribution in [0.2, 0.25) is 0 Å². The van der Waals surface area contributed by atoms with E-state index in [4.69, 9.17) is 5.11 Å². The Hall–Kier alpha value is -0.850. The van der Waals surface area contributed by atoms with Gasteiger partial charge in [0.2, 0.25) is 5.95 Å². The SMILES string of the molecule is CCNc1nc(SCC(C)CO)c2cc(C)sc2n1. The minimum Gasteiger partial charge on any atom is -0.396 e. The maximum atomic E-state index is 9.11. The molecule has 0 fully saturated rings. The summed E-state index contributed by atoms with van der Waals surface area (Å²) in [4.78, 5) is 11.4. The second kappa shape index (κ2) is 6.54. The van der Waals surface area contributed by atoms with Gasteiger partial charge in [-0.05, 0) is 25.8 Å². The van der Waals surface area contributed by atoms with Crippen molar-refractivity contribution in [1.29, 1.82) is 0 Å². The van der Waals surface area contributed by atoms with Gasteiger partial charge < -0.3 is 10.4 Å². The van der Waals surface area contributed by atoms with Crippen molar-refractivity contribution in [2.75, 3.05) is 24.2 Å². The number of aromatic nitrogens is 2. The van der Waals surface area contributed by atoms with Crippen LogP contribution in [0.1, 0.15) is 18.7 Å². The van der Waals surface area contributed by atoms with Gasteiger partial charge in [-0.2, -0.15) is 0 Å². The molecule has 0 amide bonds. The van der Waals surface area contributed by atoms with Gasteiger partial charge in [0.05, 0.1) is 0 Å². The summed E-state index contributed by atoms with van der Waals surface area (Å²) in [5.74, 6) is 1.83. The summed E-state index contributed by atoms with van der Waals surface area (Å²) in [5.41, 5.74) is 0. The van der Waals surface area contributed by atoms with Crippen LogP contribution in [0.3, 0.4) is 0 Å². The Morgan fingerprint density at radius 1 is 1.47 bits per heavy atom. The van der Waals surface area contributed by atoms with Gasteiger partial charge in [0.1, 0.15) is 9.86 Å². The smallest absolute Gasteiger partial charge is 0.225 e. The van der Waals surface area contributed by atoms with E-state index in [0.29, 0.717) is 5.95 Å². The lowest BCUT2D eigenvalue weighted by Crippen LogP contribution is -2.05. The Morgan fingerprint density at radius 2 is 2.26 bits per heavy atom. The summed E-state index contributed by atoms with van der Waals surface area (Å²) in [6, 6.07) is 2.14. The molecule has 0 bridgehead atoms. The average molecular weight is 297 g/mol. The number of fused-ring (bicyclic) bond motifs is 1. The number of anilines is 1. The van der Waals surface area contributed by atoms with Crippen LogP contribution in [-0.4, -0.2) is 34.0 Å². The number of nitrogens with zero attached hydrogens (tertiary/aromatic N) is 2. The van der Waals surface area contributed by atoms with E-state index in [2.05, 4.69) is 28.3 Å². The molecule has 1 unspecified atom stereocenters. The summed E-state index contributed by atoms with van der Waals surface area (Å²) in [6.45, 7) is 7.18. The third-order valence-electron chi connectivity index (χ3n) is 2.63. The summed E-state index contributed by atoms with van der Waals surface area (Å²) >= 11 is 3.38. The molecule has 4 nitrogen and oxygen atoms in total. The van der Waals surface area contributed by atoms with Gasteiger partial charge in [-0.3, -0.25) is 0 Å². The average Bonchev–Trinajstić information content (AvgIpc) is 2.76. The first kappa shape index (κ1) is 14.6. The number of aliphatic hydroxyl groups is 1. The summed E-state index contributed by atoms with van der Waals surface area (Å²) in [5, 5.41) is 14.4. The van der Waals surface area contributed by atoms with Crippen molar-refractivity contribution in [3.8, 4) is 0 Å². The zero-order chi connectivity index (χ0) is 13.8. The lowest BCUT2D eigenvalue weighted by atomic mass is 10.2. The van der Waals surface area contributed by atoms with Crippen LogP contribution < -0.4 is 5.32 Å². The van der Waals surface area contributed by atoms with Crippen LogP contribution >= 0.6 is 23.1 Å². The van der Waals surface area contributed by atoms with E-state index in [0.717, 1.165) is 27.5 Å². The van der Waals surface area contributed by atoms with Crippen LogP contribution in [0.5, 0.6) is 0 Å². The molecule has 0 aromatic carbocycles. The van der Waals surface area contributed by atoms with Crippen LogP contribution in [0.25, 0.3) is 10.2 Å². The monoisotopic (exact) mass is 297 g/mol. The Kier molecular flexibility index (Phi) is 5.01. The molecular weight excluding hydrogens is 278 g/mol. The summed E-state index contributed by atoms with van der Waals surface area (Å²) < 4.78 is 0. The normalized spacial score (nSPS) is 12.8. The number of aliphatic hydroxyl groups excluding tert-OH is 1. The van der Waals surface area contributed by atoms with Gasteiger partial charge in [-0.15, -0.1) is 23.1 Å². The largest absolute Gasteiger partial charge is 0.396 e. The van der Waals surface area contributed by atoms with E-state index in [1.165, 1.54) is 4.88 Å². The van der Waals surface area contributed by atoms with E-state index in [-0.39, 0.29) is 12.5 Å². The molecule has 0 saturated carbocycles. The van der Waals surface area contributed by atoms with E-state index in [1.54, 1.807) is 23.1 Å². The summed E-state index contributed by atoms with van der Waals surface area (Å²) in [7, 11) is 0. The van der Waals surface area contributed by atoms with Gasteiger partial charge in [-0.1, -0.05) is 6.92 Å². The van der Waals surface area contributed by atoms with Crippen molar-refractivity contribution in [1.82, 2.24) is 9.97 Å². The number of hydrogen-bond acceptors (Lipinski definition) is 6. The second-order valence-corrected chi connectivity index (χ2v) is 6.80. The molecule has 0 radical (unpaired) electrons. The molecule has 2 heterocycles. The van der Waals surface area contributed by atoms with Crippen LogP contribution in [0.15, 0.2) is 11.1 Å². The molecule has 2 rings (SSSR count). The Bertz CT molecular complexity index is 556. The summed E-state index contributed by atoms with van der Waals surface area (Å²) in [6.07, 6.45) is 0. The van der Waals surface area contributed by atoms with E-state index >= 15 is 0 Å². The highest BCUT2D eigenvalue weighted by molar-refractivity contribution is 7.99. The predicted molar refractivity (Wildman–Crippen MR) is 83.3 cm³/mol. The highest BCUT2D eigenvalue weighted by atomic mass is 32.2.